The molecule has 0 fully saturated rings. The SMILES string of the molecule is CCOc1ccc(NC(=O)CNC(=O)c2ccc(Oc3ccc(Cl)cc3[N+](=O)[O-])cc2)cc1. The van der Waals surface area contributed by atoms with E-state index in [2.05, 4.69) is 10.6 Å². The van der Waals surface area contributed by atoms with Crippen molar-refractivity contribution in [3.63, 3.8) is 0 Å². The van der Waals surface area contributed by atoms with Crippen LogP contribution in [0, 0.1) is 10.1 Å². The minimum atomic E-state index is -0.596. The molecule has 3 rings (SSSR count). The molecule has 0 aliphatic rings. The van der Waals surface area contributed by atoms with E-state index in [9.17, 15) is 19.7 Å². The molecule has 0 aromatic heterocycles. The highest BCUT2D eigenvalue weighted by atomic mass is 35.5. The maximum Gasteiger partial charge on any atom is 0.313 e. The van der Waals surface area contributed by atoms with Crippen LogP contribution in [0.5, 0.6) is 17.2 Å². The first-order chi connectivity index (χ1) is 15.9. The normalized spacial score (nSPS) is 10.2. The van der Waals surface area contributed by atoms with Gasteiger partial charge in [0.1, 0.15) is 11.5 Å². The molecule has 0 heterocycles. The lowest BCUT2D eigenvalue weighted by Crippen LogP contribution is -2.32. The van der Waals surface area contributed by atoms with Crippen LogP contribution in [-0.2, 0) is 4.79 Å². The second-order valence-corrected chi connectivity index (χ2v) is 7.12. The Morgan fingerprint density at radius 3 is 2.30 bits per heavy atom. The first kappa shape index (κ1) is 23.6. The van der Waals surface area contributed by atoms with Crippen LogP contribution in [0.25, 0.3) is 0 Å². The standard InChI is InChI=1S/C23H20ClN3O6/c1-2-32-18-10-6-17(7-11-18)26-22(28)14-25-23(29)15-3-8-19(9-4-15)33-21-12-5-16(24)13-20(21)27(30)31/h3-13H,2,14H2,1H3,(H,25,29)(H,26,28). The minimum absolute atomic E-state index is 0.0209. The van der Waals surface area contributed by atoms with E-state index in [1.165, 1.54) is 42.5 Å². The van der Waals surface area contributed by atoms with Crippen molar-refractivity contribution in [2.75, 3.05) is 18.5 Å². The van der Waals surface area contributed by atoms with E-state index < -0.39 is 10.8 Å². The van der Waals surface area contributed by atoms with Gasteiger partial charge in [-0.1, -0.05) is 11.6 Å². The van der Waals surface area contributed by atoms with E-state index in [1.807, 2.05) is 6.92 Å². The number of nitro groups is 1. The molecule has 0 bridgehead atoms. The van der Waals surface area contributed by atoms with Gasteiger partial charge in [-0.2, -0.15) is 0 Å². The van der Waals surface area contributed by atoms with Crippen molar-refractivity contribution in [2.45, 2.75) is 6.92 Å². The Labute approximate surface area is 194 Å². The van der Waals surface area contributed by atoms with Crippen molar-refractivity contribution in [3.05, 3.63) is 87.4 Å². The number of halogens is 1. The lowest BCUT2D eigenvalue weighted by atomic mass is 10.2. The zero-order valence-corrected chi connectivity index (χ0v) is 18.3. The molecule has 0 saturated heterocycles. The molecule has 170 valence electrons. The highest BCUT2D eigenvalue weighted by Gasteiger charge is 2.17. The molecule has 0 atom stereocenters. The number of anilines is 1. The summed E-state index contributed by atoms with van der Waals surface area (Å²) in [7, 11) is 0. The Kier molecular flexibility index (Phi) is 7.82. The van der Waals surface area contributed by atoms with Crippen molar-refractivity contribution in [3.8, 4) is 17.2 Å². The Hall–Kier alpha value is -4.11. The smallest absolute Gasteiger partial charge is 0.313 e. The molecule has 0 unspecified atom stereocenters. The number of ether oxygens (including phenoxy) is 2. The zero-order chi connectivity index (χ0) is 23.8. The highest BCUT2D eigenvalue weighted by molar-refractivity contribution is 6.30. The van der Waals surface area contributed by atoms with Crippen molar-refractivity contribution in [2.24, 2.45) is 0 Å². The van der Waals surface area contributed by atoms with Gasteiger partial charge in [0.25, 0.3) is 5.91 Å². The van der Waals surface area contributed by atoms with Gasteiger partial charge in [0, 0.05) is 22.3 Å². The number of benzene rings is 3. The second kappa shape index (κ2) is 11.0. The largest absolute Gasteiger partial charge is 0.494 e. The summed E-state index contributed by atoms with van der Waals surface area (Å²) in [5, 5.41) is 16.6. The third-order valence-corrected chi connectivity index (χ3v) is 4.56. The van der Waals surface area contributed by atoms with Gasteiger partial charge < -0.3 is 20.1 Å². The van der Waals surface area contributed by atoms with Crippen LogP contribution in [0.4, 0.5) is 11.4 Å². The molecule has 2 amide bonds. The number of hydrogen-bond donors (Lipinski definition) is 2. The fourth-order valence-electron chi connectivity index (χ4n) is 2.79. The van der Waals surface area contributed by atoms with Gasteiger partial charge in [-0.15, -0.1) is 0 Å². The lowest BCUT2D eigenvalue weighted by Gasteiger charge is -2.09. The Bertz CT molecular complexity index is 1150. The first-order valence-corrected chi connectivity index (χ1v) is 10.3. The van der Waals surface area contributed by atoms with Crippen molar-refractivity contribution < 1.29 is 24.0 Å². The molecule has 33 heavy (non-hydrogen) atoms. The topological polar surface area (TPSA) is 120 Å². The molecule has 0 radical (unpaired) electrons. The van der Waals surface area contributed by atoms with Gasteiger partial charge in [-0.3, -0.25) is 19.7 Å². The molecule has 3 aromatic rings. The fraction of sp³-hybridized carbons (Fsp3) is 0.130. The predicted molar refractivity (Wildman–Crippen MR) is 123 cm³/mol. The lowest BCUT2D eigenvalue weighted by molar-refractivity contribution is -0.385. The maximum atomic E-state index is 12.3. The summed E-state index contributed by atoms with van der Waals surface area (Å²) >= 11 is 5.80. The highest BCUT2D eigenvalue weighted by Crippen LogP contribution is 2.33. The molecule has 3 aromatic carbocycles. The summed E-state index contributed by atoms with van der Waals surface area (Å²) < 4.78 is 10.9. The maximum absolute atomic E-state index is 12.3. The number of amides is 2. The van der Waals surface area contributed by atoms with Crippen molar-refractivity contribution >= 4 is 34.8 Å². The number of hydrogen-bond acceptors (Lipinski definition) is 6. The van der Waals surface area contributed by atoms with Crippen LogP contribution >= 0.6 is 11.6 Å². The molecule has 0 saturated carbocycles. The number of nitrogens with zero attached hydrogens (tertiary/aromatic N) is 1. The predicted octanol–water partition coefficient (Wildman–Crippen LogP) is 4.81. The summed E-state index contributed by atoms with van der Waals surface area (Å²) in [4.78, 5) is 35.0. The van der Waals surface area contributed by atoms with Gasteiger partial charge in [-0.25, -0.2) is 0 Å². The van der Waals surface area contributed by atoms with E-state index >= 15 is 0 Å². The third kappa shape index (κ3) is 6.68. The summed E-state index contributed by atoms with van der Waals surface area (Å²) in [6, 6.07) is 16.9. The number of nitro benzene ring substituents is 1. The molecule has 0 aliphatic heterocycles. The van der Waals surface area contributed by atoms with Gasteiger partial charge in [0.05, 0.1) is 18.1 Å². The summed E-state index contributed by atoms with van der Waals surface area (Å²) in [5.74, 6) is 0.169. The van der Waals surface area contributed by atoms with Crippen LogP contribution in [0.3, 0.4) is 0 Å². The van der Waals surface area contributed by atoms with Crippen LogP contribution in [0.15, 0.2) is 66.7 Å². The van der Waals surface area contributed by atoms with Gasteiger partial charge in [0.2, 0.25) is 11.7 Å². The summed E-state index contributed by atoms with van der Waals surface area (Å²) in [6.45, 7) is 2.21. The minimum Gasteiger partial charge on any atom is -0.494 e. The second-order valence-electron chi connectivity index (χ2n) is 6.68. The number of rotatable bonds is 9. The molecule has 10 heteroatoms. The zero-order valence-electron chi connectivity index (χ0n) is 17.5. The monoisotopic (exact) mass is 469 g/mol. The van der Waals surface area contributed by atoms with Crippen LogP contribution in [-0.4, -0.2) is 29.9 Å². The van der Waals surface area contributed by atoms with E-state index in [0.29, 0.717) is 29.4 Å². The molecule has 0 aliphatic carbocycles. The van der Waals surface area contributed by atoms with E-state index in [0.717, 1.165) is 0 Å². The van der Waals surface area contributed by atoms with E-state index in [-0.39, 0.29) is 28.9 Å². The average Bonchev–Trinajstić information content (AvgIpc) is 2.80. The number of nitrogens with one attached hydrogen (secondary N) is 2. The quantitative estimate of drug-likeness (QED) is 0.343. The molecule has 9 nitrogen and oxygen atoms in total. The summed E-state index contributed by atoms with van der Waals surface area (Å²) in [5.41, 5.74) is 0.597. The van der Waals surface area contributed by atoms with Crippen molar-refractivity contribution in [1.82, 2.24) is 5.32 Å². The Morgan fingerprint density at radius 2 is 1.67 bits per heavy atom. The van der Waals surface area contributed by atoms with Crippen LogP contribution < -0.4 is 20.1 Å². The van der Waals surface area contributed by atoms with Crippen molar-refractivity contribution in [1.29, 1.82) is 0 Å². The average molecular weight is 470 g/mol. The third-order valence-electron chi connectivity index (χ3n) is 4.32. The van der Waals surface area contributed by atoms with Crippen LogP contribution in [0.1, 0.15) is 17.3 Å². The fourth-order valence-corrected chi connectivity index (χ4v) is 2.96. The number of carbonyl (C=O) groups is 2. The molecular formula is C23H20ClN3O6. The Morgan fingerprint density at radius 1 is 1.00 bits per heavy atom. The summed E-state index contributed by atoms with van der Waals surface area (Å²) in [6.07, 6.45) is 0. The van der Waals surface area contributed by atoms with Gasteiger partial charge in [0.15, 0.2) is 0 Å². The van der Waals surface area contributed by atoms with E-state index in [1.54, 1.807) is 24.3 Å². The molecular weight excluding hydrogens is 450 g/mol. The van der Waals surface area contributed by atoms with Gasteiger partial charge >= 0.3 is 5.69 Å². The van der Waals surface area contributed by atoms with E-state index in [4.69, 9.17) is 21.1 Å². The Balaban J connectivity index is 1.54. The molecule has 2 N–H and O–H groups in total. The van der Waals surface area contributed by atoms with Gasteiger partial charge in [-0.05, 0) is 67.6 Å². The van der Waals surface area contributed by atoms with Crippen LogP contribution in [0.2, 0.25) is 5.02 Å². The number of carbonyl (C=O) groups excluding carboxylic acids is 2. The first-order valence-electron chi connectivity index (χ1n) is 9.88. The molecule has 0 spiro atoms.